The van der Waals surface area contributed by atoms with Gasteiger partial charge in [-0.25, -0.2) is 0 Å². The number of nitrogens with one attached hydrogen (secondary N) is 1. The van der Waals surface area contributed by atoms with Crippen LogP contribution < -0.4 is 26.8 Å². The summed E-state index contributed by atoms with van der Waals surface area (Å²) in [4.78, 5) is 21.9. The Hall–Kier alpha value is -1.88. The van der Waals surface area contributed by atoms with Gasteiger partial charge in [0.05, 0.1) is 26.0 Å². The third-order valence-electron chi connectivity index (χ3n) is 3.76. The van der Waals surface area contributed by atoms with Crippen LogP contribution in [0.5, 0.6) is 0 Å². The smallest absolute Gasteiger partial charge is 0.278 e. The summed E-state index contributed by atoms with van der Waals surface area (Å²) in [6.07, 6.45) is -1.61. The number of nitrogen functional groups attached to an aromatic ring is 1. The molecule has 2 aliphatic heterocycles. The maximum Gasteiger partial charge on any atom is 0.278 e. The fourth-order valence-corrected chi connectivity index (χ4v) is 2.73. The van der Waals surface area contributed by atoms with E-state index in [0.29, 0.717) is 24.6 Å². The molecule has 21 heavy (non-hydrogen) atoms. The highest BCUT2D eigenvalue weighted by atomic mass is 16.5. The molecular formula is C11H18N6O4. The van der Waals surface area contributed by atoms with E-state index in [1.807, 2.05) is 0 Å². The zero-order valence-electron chi connectivity index (χ0n) is 11.3. The van der Waals surface area contributed by atoms with E-state index in [1.54, 1.807) is 9.80 Å². The molecule has 0 radical (unpaired) electrons. The summed E-state index contributed by atoms with van der Waals surface area (Å²) in [5.41, 5.74) is 11.2. The van der Waals surface area contributed by atoms with E-state index in [-0.39, 0.29) is 24.8 Å². The summed E-state index contributed by atoms with van der Waals surface area (Å²) in [6.45, 7) is 0.168. The molecule has 116 valence electrons. The predicted octanol–water partition coefficient (Wildman–Crippen LogP) is -2.68. The number of H-pyrrole nitrogens is 1. The fourth-order valence-electron chi connectivity index (χ4n) is 2.73. The molecule has 7 N–H and O–H groups in total. The van der Waals surface area contributed by atoms with Gasteiger partial charge in [-0.05, 0) is 0 Å². The Bertz CT molecular complexity index is 593. The Balaban J connectivity index is 1.95. The molecule has 0 spiro atoms. The molecule has 0 aromatic carbocycles. The van der Waals surface area contributed by atoms with Gasteiger partial charge in [-0.2, -0.15) is 4.98 Å². The molecule has 1 saturated heterocycles. The quantitative estimate of drug-likeness (QED) is 0.401. The molecule has 10 heteroatoms. The summed E-state index contributed by atoms with van der Waals surface area (Å²) in [5, 5.41) is 19.0. The lowest BCUT2D eigenvalue weighted by molar-refractivity contribution is -0.0220. The number of anilines is 3. The minimum Gasteiger partial charge on any atom is -0.394 e. The molecule has 3 heterocycles. The molecular weight excluding hydrogens is 280 g/mol. The molecule has 2 aliphatic rings. The van der Waals surface area contributed by atoms with Crippen LogP contribution in [-0.4, -0.2) is 58.6 Å². The SMILES string of the molecule is NCN1CN([C@H]2C[C@H](O)[C@@H](CO)O2)c2nc(N)[nH]c(=O)c21. The van der Waals surface area contributed by atoms with Crippen LogP contribution >= 0.6 is 0 Å². The van der Waals surface area contributed by atoms with Gasteiger partial charge < -0.3 is 36.2 Å². The summed E-state index contributed by atoms with van der Waals surface area (Å²) in [5.74, 6) is 0.373. The average Bonchev–Trinajstić information content (AvgIpc) is 2.98. The first-order valence-corrected chi connectivity index (χ1v) is 6.61. The second-order valence-corrected chi connectivity index (χ2v) is 5.07. The van der Waals surface area contributed by atoms with Crippen LogP contribution in [0.3, 0.4) is 0 Å². The van der Waals surface area contributed by atoms with Gasteiger partial charge in [-0.15, -0.1) is 0 Å². The molecule has 3 rings (SSSR count). The normalized spacial score (nSPS) is 28.2. The summed E-state index contributed by atoms with van der Waals surface area (Å²) >= 11 is 0. The number of nitrogens with two attached hydrogens (primary N) is 2. The van der Waals surface area contributed by atoms with Gasteiger partial charge in [-0.1, -0.05) is 0 Å². The van der Waals surface area contributed by atoms with Crippen LogP contribution in [0.25, 0.3) is 0 Å². The number of hydrogen-bond donors (Lipinski definition) is 5. The number of aliphatic hydroxyl groups excluding tert-OH is 2. The number of nitrogens with zero attached hydrogens (tertiary/aromatic N) is 3. The number of fused-ring (bicyclic) bond motifs is 1. The van der Waals surface area contributed by atoms with Crippen molar-refractivity contribution >= 4 is 17.5 Å². The van der Waals surface area contributed by atoms with E-state index in [2.05, 4.69) is 9.97 Å². The van der Waals surface area contributed by atoms with E-state index in [0.717, 1.165) is 0 Å². The van der Waals surface area contributed by atoms with Crippen LogP contribution in [-0.2, 0) is 4.74 Å². The predicted molar refractivity (Wildman–Crippen MR) is 74.5 cm³/mol. The lowest BCUT2D eigenvalue weighted by Gasteiger charge is -2.25. The van der Waals surface area contributed by atoms with Crippen molar-refractivity contribution in [2.45, 2.75) is 24.9 Å². The molecule has 3 atom stereocenters. The van der Waals surface area contributed by atoms with Crippen molar-refractivity contribution in [2.75, 3.05) is 35.5 Å². The number of ether oxygens (including phenoxy) is 1. The van der Waals surface area contributed by atoms with Crippen LogP contribution in [0.15, 0.2) is 4.79 Å². The van der Waals surface area contributed by atoms with Crippen LogP contribution in [0.4, 0.5) is 17.5 Å². The standard InChI is InChI=1S/C11H18N6O4/c12-3-16-4-17(7-1-5(19)6(2-18)21-7)9-8(16)10(20)15-11(13)14-9/h5-7,18-19H,1-4,12H2,(H3,13,14,15,20)/t5-,6+,7+/m0/s1. The molecule has 1 aromatic heterocycles. The van der Waals surface area contributed by atoms with E-state index in [1.165, 1.54) is 0 Å². The van der Waals surface area contributed by atoms with Crippen LogP contribution in [0.1, 0.15) is 6.42 Å². The summed E-state index contributed by atoms with van der Waals surface area (Å²) in [6, 6.07) is 0. The Morgan fingerprint density at radius 2 is 2.29 bits per heavy atom. The van der Waals surface area contributed by atoms with Gasteiger partial charge in [0.1, 0.15) is 18.0 Å². The number of hydrogen-bond acceptors (Lipinski definition) is 9. The van der Waals surface area contributed by atoms with Crippen molar-refractivity contribution in [3.8, 4) is 0 Å². The monoisotopic (exact) mass is 298 g/mol. The number of aliphatic hydroxyl groups is 2. The van der Waals surface area contributed by atoms with Gasteiger partial charge >= 0.3 is 0 Å². The fraction of sp³-hybridized carbons (Fsp3) is 0.636. The third kappa shape index (κ3) is 2.21. The second-order valence-electron chi connectivity index (χ2n) is 5.07. The Kier molecular flexibility index (Phi) is 3.45. The van der Waals surface area contributed by atoms with Gasteiger partial charge in [0.25, 0.3) is 5.56 Å². The highest BCUT2D eigenvalue weighted by molar-refractivity contribution is 5.72. The minimum absolute atomic E-state index is 0.000116. The van der Waals surface area contributed by atoms with Crippen molar-refractivity contribution in [3.05, 3.63) is 10.4 Å². The highest BCUT2D eigenvalue weighted by Crippen LogP contribution is 2.35. The van der Waals surface area contributed by atoms with E-state index >= 15 is 0 Å². The third-order valence-corrected chi connectivity index (χ3v) is 3.76. The molecule has 0 saturated carbocycles. The maximum atomic E-state index is 12.0. The lowest BCUT2D eigenvalue weighted by atomic mass is 10.2. The summed E-state index contributed by atoms with van der Waals surface area (Å²) < 4.78 is 5.60. The van der Waals surface area contributed by atoms with E-state index in [4.69, 9.17) is 21.3 Å². The van der Waals surface area contributed by atoms with Crippen molar-refractivity contribution in [1.82, 2.24) is 9.97 Å². The molecule has 0 unspecified atom stereocenters. The highest BCUT2D eigenvalue weighted by Gasteiger charge is 2.42. The molecule has 1 aromatic rings. The molecule has 0 amide bonds. The first-order chi connectivity index (χ1) is 10.0. The molecule has 0 bridgehead atoms. The van der Waals surface area contributed by atoms with Crippen molar-refractivity contribution in [2.24, 2.45) is 5.73 Å². The second kappa shape index (κ2) is 5.15. The van der Waals surface area contributed by atoms with Crippen molar-refractivity contribution in [1.29, 1.82) is 0 Å². The van der Waals surface area contributed by atoms with Gasteiger partial charge in [0.15, 0.2) is 5.82 Å². The molecule has 1 fully saturated rings. The molecule has 10 nitrogen and oxygen atoms in total. The first-order valence-electron chi connectivity index (χ1n) is 6.61. The average molecular weight is 298 g/mol. The van der Waals surface area contributed by atoms with Crippen LogP contribution in [0, 0.1) is 0 Å². The van der Waals surface area contributed by atoms with Crippen molar-refractivity contribution < 1.29 is 14.9 Å². The Labute approximate surface area is 119 Å². The maximum absolute atomic E-state index is 12.0. The number of aromatic amines is 1. The van der Waals surface area contributed by atoms with Crippen LogP contribution in [0.2, 0.25) is 0 Å². The topological polar surface area (TPSA) is 154 Å². The summed E-state index contributed by atoms with van der Waals surface area (Å²) in [7, 11) is 0. The Morgan fingerprint density at radius 1 is 1.52 bits per heavy atom. The number of aromatic nitrogens is 2. The zero-order valence-corrected chi connectivity index (χ0v) is 11.3. The lowest BCUT2D eigenvalue weighted by Crippen LogP contribution is -2.41. The van der Waals surface area contributed by atoms with E-state index in [9.17, 15) is 9.90 Å². The minimum atomic E-state index is -0.769. The van der Waals surface area contributed by atoms with Gasteiger partial charge in [0.2, 0.25) is 5.95 Å². The molecule has 0 aliphatic carbocycles. The zero-order chi connectivity index (χ0) is 15.1. The first kappa shape index (κ1) is 14.1. The largest absolute Gasteiger partial charge is 0.394 e. The van der Waals surface area contributed by atoms with Gasteiger partial charge in [-0.3, -0.25) is 9.78 Å². The van der Waals surface area contributed by atoms with Gasteiger partial charge in [0, 0.05) is 6.42 Å². The van der Waals surface area contributed by atoms with Crippen molar-refractivity contribution in [3.63, 3.8) is 0 Å². The Morgan fingerprint density at radius 3 is 2.90 bits per heavy atom. The van der Waals surface area contributed by atoms with E-state index < -0.39 is 18.4 Å². The number of rotatable bonds is 3.